The minimum absolute atomic E-state index is 0.280. The van der Waals surface area contributed by atoms with E-state index in [2.05, 4.69) is 33.5 Å². The van der Waals surface area contributed by atoms with E-state index in [-0.39, 0.29) is 25.0 Å². The number of carbonyl (C=O) groups is 3. The van der Waals surface area contributed by atoms with Gasteiger partial charge in [-0.05, 0) is 30.7 Å². The number of hydrogen-bond donors (Lipinski definition) is 2. The van der Waals surface area contributed by atoms with Crippen molar-refractivity contribution < 1.29 is 19.1 Å². The summed E-state index contributed by atoms with van der Waals surface area (Å²) in [6, 6.07) is 6.73. The Morgan fingerprint density at radius 3 is 2.43 bits per heavy atom. The number of unbranched alkanes of at least 4 members (excludes halogenated alkanes) is 2. The van der Waals surface area contributed by atoms with Crippen molar-refractivity contribution in [3.63, 3.8) is 0 Å². The van der Waals surface area contributed by atoms with Gasteiger partial charge < -0.3 is 15.4 Å². The van der Waals surface area contributed by atoms with E-state index >= 15 is 0 Å². The molecule has 23 heavy (non-hydrogen) atoms. The average Bonchev–Trinajstić information content (AvgIpc) is 2.55. The van der Waals surface area contributed by atoms with E-state index in [1.165, 1.54) is 0 Å². The lowest BCUT2D eigenvalue weighted by molar-refractivity contribution is -0.147. The second-order valence-electron chi connectivity index (χ2n) is 4.91. The van der Waals surface area contributed by atoms with E-state index in [0.29, 0.717) is 12.1 Å². The molecule has 0 aliphatic heterocycles. The van der Waals surface area contributed by atoms with Crippen LogP contribution in [0.1, 0.15) is 36.5 Å². The van der Waals surface area contributed by atoms with Crippen LogP contribution in [0, 0.1) is 0 Å². The summed E-state index contributed by atoms with van der Waals surface area (Å²) in [5.74, 6) is -1.37. The zero-order valence-corrected chi connectivity index (χ0v) is 14.6. The Hall–Kier alpha value is -1.89. The molecule has 2 amide bonds. The van der Waals surface area contributed by atoms with Crippen LogP contribution in [0.3, 0.4) is 0 Å². The van der Waals surface area contributed by atoms with Gasteiger partial charge in [0.15, 0.2) is 6.61 Å². The first-order valence-electron chi connectivity index (χ1n) is 7.49. The Labute approximate surface area is 144 Å². The molecule has 1 aromatic rings. The minimum atomic E-state index is -0.654. The van der Waals surface area contributed by atoms with Gasteiger partial charge in [0.25, 0.3) is 11.8 Å². The highest BCUT2D eigenvalue weighted by molar-refractivity contribution is 9.10. The Kier molecular flexibility index (Phi) is 8.97. The fourth-order valence-electron chi connectivity index (χ4n) is 1.71. The highest BCUT2D eigenvalue weighted by Gasteiger charge is 2.10. The topological polar surface area (TPSA) is 84.5 Å². The molecular formula is C16H21BrN2O4. The molecule has 1 aromatic carbocycles. The Bertz CT molecular complexity index is 531. The van der Waals surface area contributed by atoms with E-state index < -0.39 is 5.97 Å². The Balaban J connectivity index is 2.20. The molecule has 6 nitrogen and oxygen atoms in total. The molecule has 2 N–H and O–H groups in total. The van der Waals surface area contributed by atoms with Crippen molar-refractivity contribution in [2.24, 2.45) is 0 Å². The molecule has 1 rings (SSSR count). The van der Waals surface area contributed by atoms with Crippen LogP contribution >= 0.6 is 15.9 Å². The molecule has 0 atom stereocenters. The van der Waals surface area contributed by atoms with Crippen molar-refractivity contribution in [1.29, 1.82) is 0 Å². The van der Waals surface area contributed by atoms with Gasteiger partial charge in [-0.1, -0.05) is 35.7 Å². The van der Waals surface area contributed by atoms with Crippen LogP contribution in [0.15, 0.2) is 28.7 Å². The number of carbonyl (C=O) groups excluding carboxylic acids is 3. The van der Waals surface area contributed by atoms with E-state index in [4.69, 9.17) is 4.74 Å². The van der Waals surface area contributed by atoms with Crippen molar-refractivity contribution >= 4 is 33.7 Å². The van der Waals surface area contributed by atoms with Crippen molar-refractivity contribution in [3.05, 3.63) is 34.3 Å². The van der Waals surface area contributed by atoms with Crippen LogP contribution in [0.2, 0.25) is 0 Å². The summed E-state index contributed by atoms with van der Waals surface area (Å²) in [6.45, 7) is 2.04. The number of hydrogen-bond acceptors (Lipinski definition) is 4. The monoisotopic (exact) mass is 384 g/mol. The zero-order valence-electron chi connectivity index (χ0n) is 13.1. The number of amides is 2. The van der Waals surface area contributed by atoms with Gasteiger partial charge in [-0.15, -0.1) is 0 Å². The third-order valence-corrected chi connectivity index (χ3v) is 3.50. The maximum absolute atomic E-state index is 11.8. The second-order valence-corrected chi connectivity index (χ2v) is 5.82. The van der Waals surface area contributed by atoms with Crippen LogP contribution in [0.5, 0.6) is 0 Å². The molecule has 0 saturated carbocycles. The van der Waals surface area contributed by atoms with Gasteiger partial charge in [0, 0.05) is 16.6 Å². The second kappa shape index (κ2) is 10.8. The van der Waals surface area contributed by atoms with Crippen molar-refractivity contribution in [2.75, 3.05) is 19.7 Å². The fraction of sp³-hybridized carbons (Fsp3) is 0.438. The zero-order chi connectivity index (χ0) is 17.1. The summed E-state index contributed by atoms with van der Waals surface area (Å²) in [5, 5.41) is 5.10. The highest BCUT2D eigenvalue weighted by atomic mass is 79.9. The van der Waals surface area contributed by atoms with E-state index in [1.807, 2.05) is 0 Å². The molecule has 0 aliphatic carbocycles. The molecule has 0 bridgehead atoms. The van der Waals surface area contributed by atoms with E-state index in [0.717, 1.165) is 23.7 Å². The van der Waals surface area contributed by atoms with Crippen LogP contribution in [0.4, 0.5) is 0 Å². The maximum atomic E-state index is 11.8. The molecule has 0 saturated heterocycles. The number of rotatable bonds is 9. The standard InChI is InChI=1S/C16H21BrN2O4/c1-2-3-4-9-18-14(20)11-23-15(21)10-19-16(22)12-5-7-13(17)8-6-12/h5-8H,2-4,9-11H2,1H3,(H,18,20)(H,19,22). The van der Waals surface area contributed by atoms with Crippen LogP contribution in [-0.2, 0) is 14.3 Å². The predicted octanol–water partition coefficient (Wildman–Crippen LogP) is 2.03. The van der Waals surface area contributed by atoms with Gasteiger partial charge in [-0.2, -0.15) is 0 Å². The quantitative estimate of drug-likeness (QED) is 0.503. The molecule has 0 unspecified atom stereocenters. The number of halogens is 1. The SMILES string of the molecule is CCCCCNC(=O)COC(=O)CNC(=O)c1ccc(Br)cc1. The number of nitrogens with one attached hydrogen (secondary N) is 2. The van der Waals surface area contributed by atoms with Gasteiger partial charge >= 0.3 is 5.97 Å². The Morgan fingerprint density at radius 2 is 1.78 bits per heavy atom. The lowest BCUT2D eigenvalue weighted by Crippen LogP contribution is -2.34. The third kappa shape index (κ3) is 8.35. The average molecular weight is 385 g/mol. The maximum Gasteiger partial charge on any atom is 0.325 e. The molecular weight excluding hydrogens is 364 g/mol. The summed E-state index contributed by atoms with van der Waals surface area (Å²) in [6.07, 6.45) is 3.02. The van der Waals surface area contributed by atoms with Gasteiger partial charge in [0.1, 0.15) is 6.54 Å². The summed E-state index contributed by atoms with van der Waals surface area (Å²) in [5.41, 5.74) is 0.440. The third-order valence-electron chi connectivity index (χ3n) is 2.97. The lowest BCUT2D eigenvalue weighted by atomic mass is 10.2. The first-order valence-corrected chi connectivity index (χ1v) is 8.28. The molecule has 7 heteroatoms. The van der Waals surface area contributed by atoms with Gasteiger partial charge in [-0.25, -0.2) is 0 Å². The lowest BCUT2D eigenvalue weighted by Gasteiger charge is -2.07. The highest BCUT2D eigenvalue weighted by Crippen LogP contribution is 2.10. The van der Waals surface area contributed by atoms with Crippen LogP contribution < -0.4 is 10.6 Å². The van der Waals surface area contributed by atoms with Crippen LogP contribution in [0.25, 0.3) is 0 Å². The molecule has 0 heterocycles. The molecule has 0 aliphatic rings. The Morgan fingerprint density at radius 1 is 1.09 bits per heavy atom. The summed E-state index contributed by atoms with van der Waals surface area (Å²) in [7, 11) is 0. The van der Waals surface area contributed by atoms with Crippen molar-refractivity contribution in [2.45, 2.75) is 26.2 Å². The molecule has 0 spiro atoms. The molecule has 0 fully saturated rings. The fourth-order valence-corrected chi connectivity index (χ4v) is 1.97. The van der Waals surface area contributed by atoms with Gasteiger partial charge in [0.2, 0.25) is 0 Å². The number of ether oxygens (including phenoxy) is 1. The summed E-state index contributed by atoms with van der Waals surface area (Å²) >= 11 is 3.27. The van der Waals surface area contributed by atoms with Crippen molar-refractivity contribution in [3.8, 4) is 0 Å². The largest absolute Gasteiger partial charge is 0.454 e. The van der Waals surface area contributed by atoms with E-state index in [9.17, 15) is 14.4 Å². The first kappa shape index (κ1) is 19.2. The predicted molar refractivity (Wildman–Crippen MR) is 90.0 cm³/mol. The smallest absolute Gasteiger partial charge is 0.325 e. The molecule has 126 valence electrons. The summed E-state index contributed by atoms with van der Waals surface area (Å²) < 4.78 is 5.65. The normalized spacial score (nSPS) is 10.0. The first-order chi connectivity index (χ1) is 11.0. The number of esters is 1. The van der Waals surface area contributed by atoms with Gasteiger partial charge in [-0.3, -0.25) is 14.4 Å². The van der Waals surface area contributed by atoms with Gasteiger partial charge in [0.05, 0.1) is 0 Å². The van der Waals surface area contributed by atoms with Crippen LogP contribution in [-0.4, -0.2) is 37.5 Å². The minimum Gasteiger partial charge on any atom is -0.454 e. The number of benzene rings is 1. The van der Waals surface area contributed by atoms with E-state index in [1.54, 1.807) is 24.3 Å². The summed E-state index contributed by atoms with van der Waals surface area (Å²) in [4.78, 5) is 34.7. The van der Waals surface area contributed by atoms with Crippen molar-refractivity contribution in [1.82, 2.24) is 10.6 Å². The molecule has 0 aromatic heterocycles. The molecule has 0 radical (unpaired) electrons.